The number of furan rings is 1. The molecule has 1 aliphatic rings. The number of hydrogen-bond acceptors (Lipinski definition) is 6. The Morgan fingerprint density at radius 3 is 2.19 bits per heavy atom. The molecule has 1 aromatic heterocycles. The van der Waals surface area contributed by atoms with Crippen LogP contribution in [0, 0.1) is 10.1 Å². The predicted octanol–water partition coefficient (Wildman–Crippen LogP) is 3.53. The second kappa shape index (κ2) is 8.70. The number of benzene rings is 2. The molecule has 3 aromatic rings. The van der Waals surface area contributed by atoms with Gasteiger partial charge in [0, 0.05) is 43.5 Å². The molecule has 9 nitrogen and oxygen atoms in total. The number of hydrogen-bond donors (Lipinski definition) is 1. The van der Waals surface area contributed by atoms with Gasteiger partial charge in [-0.1, -0.05) is 18.2 Å². The van der Waals surface area contributed by atoms with Crippen molar-refractivity contribution in [1.82, 2.24) is 9.80 Å². The Labute approximate surface area is 178 Å². The highest BCUT2D eigenvalue weighted by molar-refractivity contribution is 5.96. The number of anilines is 2. The van der Waals surface area contributed by atoms with Crippen LogP contribution in [-0.2, 0) is 0 Å². The quantitative estimate of drug-likeness (QED) is 0.500. The van der Waals surface area contributed by atoms with E-state index in [4.69, 9.17) is 4.42 Å². The van der Waals surface area contributed by atoms with Crippen molar-refractivity contribution >= 4 is 28.9 Å². The van der Waals surface area contributed by atoms with Crippen molar-refractivity contribution in [3.05, 3.63) is 88.4 Å². The summed E-state index contributed by atoms with van der Waals surface area (Å²) in [5, 5.41) is 14.6. The number of carbonyl (C=O) groups is 2. The molecule has 0 atom stereocenters. The Bertz CT molecular complexity index is 1090. The zero-order valence-corrected chi connectivity index (χ0v) is 16.6. The van der Waals surface area contributed by atoms with Crippen LogP contribution in [0.3, 0.4) is 0 Å². The van der Waals surface area contributed by atoms with Gasteiger partial charge in [0.1, 0.15) is 5.69 Å². The minimum absolute atomic E-state index is 0.179. The number of nitro groups is 1. The highest BCUT2D eigenvalue weighted by atomic mass is 16.6. The number of piperazine rings is 1. The minimum atomic E-state index is -0.512. The summed E-state index contributed by atoms with van der Waals surface area (Å²) in [6.07, 6.45) is 1.44. The van der Waals surface area contributed by atoms with Gasteiger partial charge in [0.05, 0.1) is 11.2 Å². The molecule has 2 heterocycles. The van der Waals surface area contributed by atoms with Crippen molar-refractivity contribution in [1.29, 1.82) is 0 Å². The molecule has 31 heavy (non-hydrogen) atoms. The molecule has 0 unspecified atom stereocenters. The monoisotopic (exact) mass is 420 g/mol. The maximum Gasteiger partial charge on any atom is 0.293 e. The number of nitro benzene ring substituents is 1. The van der Waals surface area contributed by atoms with E-state index in [2.05, 4.69) is 5.32 Å². The number of nitrogens with one attached hydrogen (secondary N) is 1. The molecule has 1 aliphatic heterocycles. The van der Waals surface area contributed by atoms with E-state index in [-0.39, 0.29) is 28.8 Å². The van der Waals surface area contributed by atoms with E-state index in [0.717, 1.165) is 0 Å². The molecular formula is C22H20N4O5. The van der Waals surface area contributed by atoms with E-state index >= 15 is 0 Å². The molecule has 1 saturated heterocycles. The topological polar surface area (TPSA) is 109 Å². The summed E-state index contributed by atoms with van der Waals surface area (Å²) in [4.78, 5) is 39.6. The van der Waals surface area contributed by atoms with Gasteiger partial charge in [0.15, 0.2) is 5.76 Å². The first-order chi connectivity index (χ1) is 15.0. The lowest BCUT2D eigenvalue weighted by molar-refractivity contribution is -0.383. The van der Waals surface area contributed by atoms with Crippen LogP contribution < -0.4 is 5.32 Å². The van der Waals surface area contributed by atoms with Crippen molar-refractivity contribution in [3.8, 4) is 0 Å². The van der Waals surface area contributed by atoms with Crippen LogP contribution in [0.1, 0.15) is 20.9 Å². The lowest BCUT2D eigenvalue weighted by atomic mass is 10.1. The van der Waals surface area contributed by atoms with Gasteiger partial charge in [0.2, 0.25) is 0 Å². The largest absolute Gasteiger partial charge is 0.459 e. The van der Waals surface area contributed by atoms with Crippen molar-refractivity contribution in [3.63, 3.8) is 0 Å². The Kier molecular flexibility index (Phi) is 5.65. The summed E-state index contributed by atoms with van der Waals surface area (Å²) >= 11 is 0. The fourth-order valence-electron chi connectivity index (χ4n) is 3.45. The summed E-state index contributed by atoms with van der Waals surface area (Å²) < 4.78 is 5.14. The highest BCUT2D eigenvalue weighted by Gasteiger charge is 2.28. The van der Waals surface area contributed by atoms with Crippen molar-refractivity contribution in [2.45, 2.75) is 0 Å². The van der Waals surface area contributed by atoms with E-state index in [1.807, 2.05) is 18.2 Å². The maximum atomic E-state index is 12.9. The van der Waals surface area contributed by atoms with E-state index in [9.17, 15) is 19.7 Å². The third kappa shape index (κ3) is 4.40. The molecule has 9 heteroatoms. The van der Waals surface area contributed by atoms with Gasteiger partial charge in [0.25, 0.3) is 17.5 Å². The van der Waals surface area contributed by atoms with E-state index < -0.39 is 4.92 Å². The number of nitrogens with zero attached hydrogens (tertiary/aromatic N) is 3. The van der Waals surface area contributed by atoms with Gasteiger partial charge < -0.3 is 19.5 Å². The summed E-state index contributed by atoms with van der Waals surface area (Å²) in [5.41, 5.74) is 1.07. The lowest BCUT2D eigenvalue weighted by Gasteiger charge is -2.34. The second-order valence-electron chi connectivity index (χ2n) is 7.04. The van der Waals surface area contributed by atoms with Crippen LogP contribution in [0.2, 0.25) is 0 Å². The molecule has 158 valence electrons. The first-order valence-electron chi connectivity index (χ1n) is 9.75. The van der Waals surface area contributed by atoms with E-state index in [1.165, 1.54) is 18.4 Å². The van der Waals surface area contributed by atoms with Crippen LogP contribution in [0.25, 0.3) is 0 Å². The zero-order chi connectivity index (χ0) is 21.8. The van der Waals surface area contributed by atoms with Crippen molar-refractivity contribution in [2.24, 2.45) is 0 Å². The fraction of sp³-hybridized carbons (Fsp3) is 0.182. The molecule has 2 aromatic carbocycles. The van der Waals surface area contributed by atoms with Crippen molar-refractivity contribution in [2.75, 3.05) is 31.5 Å². The molecule has 0 aliphatic carbocycles. The number of rotatable bonds is 5. The number of carbonyl (C=O) groups excluding carboxylic acids is 2. The summed E-state index contributed by atoms with van der Waals surface area (Å²) in [5.74, 6) is -0.263. The molecule has 1 fully saturated rings. The number of para-hydroxylation sites is 1. The van der Waals surface area contributed by atoms with Gasteiger partial charge >= 0.3 is 0 Å². The first kappa shape index (κ1) is 20.1. The number of amides is 2. The zero-order valence-electron chi connectivity index (χ0n) is 16.6. The standard InChI is InChI=1S/C22H20N4O5/c27-21(24-10-12-25(13-11-24)22(28)20-7-4-14-31-20)16-8-9-18(19(15-16)26(29)30)23-17-5-2-1-3-6-17/h1-9,14-15,23H,10-13H2. The third-order valence-electron chi connectivity index (χ3n) is 5.08. The third-order valence-corrected chi connectivity index (χ3v) is 5.08. The van der Waals surface area contributed by atoms with Crippen LogP contribution >= 0.6 is 0 Å². The first-order valence-corrected chi connectivity index (χ1v) is 9.75. The Morgan fingerprint density at radius 1 is 0.903 bits per heavy atom. The van der Waals surface area contributed by atoms with Crippen LogP contribution in [0.5, 0.6) is 0 Å². The van der Waals surface area contributed by atoms with Crippen LogP contribution in [0.4, 0.5) is 17.1 Å². The predicted molar refractivity (Wildman–Crippen MR) is 113 cm³/mol. The average molecular weight is 420 g/mol. The Hall–Kier alpha value is -4.14. The minimum Gasteiger partial charge on any atom is -0.459 e. The molecule has 4 rings (SSSR count). The van der Waals surface area contributed by atoms with Crippen molar-refractivity contribution < 1.29 is 18.9 Å². The van der Waals surface area contributed by atoms with E-state index in [0.29, 0.717) is 37.6 Å². The average Bonchev–Trinajstić information content (AvgIpc) is 3.34. The summed E-state index contributed by atoms with van der Waals surface area (Å²) in [6, 6.07) is 16.7. The Balaban J connectivity index is 1.45. The SMILES string of the molecule is O=C(c1ccc(Nc2ccccc2)c([N+](=O)[O-])c1)N1CCN(C(=O)c2ccco2)CC1. The molecule has 0 saturated carbocycles. The molecule has 2 amide bonds. The van der Waals surface area contributed by atoms with Crippen LogP contribution in [-0.4, -0.2) is 52.7 Å². The van der Waals surface area contributed by atoms with Gasteiger partial charge in [-0.05, 0) is 36.4 Å². The Morgan fingerprint density at radius 2 is 1.58 bits per heavy atom. The summed E-state index contributed by atoms with van der Waals surface area (Å²) in [7, 11) is 0. The molecule has 0 spiro atoms. The smallest absolute Gasteiger partial charge is 0.293 e. The molecule has 1 N–H and O–H groups in total. The van der Waals surface area contributed by atoms with Gasteiger partial charge in [-0.25, -0.2) is 0 Å². The maximum absolute atomic E-state index is 12.9. The van der Waals surface area contributed by atoms with Crippen LogP contribution in [0.15, 0.2) is 71.3 Å². The second-order valence-corrected chi connectivity index (χ2v) is 7.04. The molecule has 0 bridgehead atoms. The van der Waals surface area contributed by atoms with E-state index in [1.54, 1.807) is 40.1 Å². The summed E-state index contributed by atoms with van der Waals surface area (Å²) in [6.45, 7) is 1.40. The highest BCUT2D eigenvalue weighted by Crippen LogP contribution is 2.29. The molecule has 0 radical (unpaired) electrons. The molecular weight excluding hydrogens is 400 g/mol. The van der Waals surface area contributed by atoms with Gasteiger partial charge in [-0.15, -0.1) is 0 Å². The normalized spacial score (nSPS) is 13.7. The lowest BCUT2D eigenvalue weighted by Crippen LogP contribution is -2.50. The van der Waals surface area contributed by atoms with Gasteiger partial charge in [-0.2, -0.15) is 0 Å². The fourth-order valence-corrected chi connectivity index (χ4v) is 3.45. The van der Waals surface area contributed by atoms with Gasteiger partial charge in [-0.3, -0.25) is 19.7 Å².